The van der Waals surface area contributed by atoms with Gasteiger partial charge in [-0.2, -0.15) is 0 Å². The monoisotopic (exact) mass is 322 g/mol. The molecule has 1 aliphatic rings. The molecule has 8 heteroatoms. The molecule has 0 spiro atoms. The Bertz CT molecular complexity index is 820. The molecule has 3 rings (SSSR count). The number of nitrogens with two attached hydrogens (primary N) is 1. The number of primary sulfonamides is 1. The third kappa shape index (κ3) is 2.71. The number of aryl methyl sites for hydroxylation is 1. The van der Waals surface area contributed by atoms with Gasteiger partial charge in [-0.25, -0.2) is 18.5 Å². The van der Waals surface area contributed by atoms with Crippen LogP contribution in [0.15, 0.2) is 24.4 Å². The highest BCUT2D eigenvalue weighted by atomic mass is 32.2. The number of sulfonamides is 1. The first-order valence-electron chi connectivity index (χ1n) is 7.09. The van der Waals surface area contributed by atoms with Crippen LogP contribution < -0.4 is 5.14 Å². The van der Waals surface area contributed by atoms with Crippen LogP contribution in [-0.2, 0) is 17.1 Å². The van der Waals surface area contributed by atoms with Crippen LogP contribution >= 0.6 is 0 Å². The Morgan fingerprint density at radius 2 is 1.95 bits per heavy atom. The van der Waals surface area contributed by atoms with E-state index in [4.69, 9.17) is 5.14 Å². The molecule has 0 aliphatic carbocycles. The first-order valence-corrected chi connectivity index (χ1v) is 8.70. The minimum Gasteiger partial charge on any atom is -0.337 e. The van der Waals surface area contributed by atoms with Crippen molar-refractivity contribution in [2.75, 3.05) is 13.1 Å². The number of carbonyl (C=O) groups excluding carboxylic acids is 1. The number of rotatable bonds is 2. The highest BCUT2D eigenvalue weighted by Gasteiger charge is 2.30. The molecule has 1 aliphatic heterocycles. The van der Waals surface area contributed by atoms with Crippen molar-refractivity contribution in [3.63, 3.8) is 0 Å². The molecule has 0 bridgehead atoms. The number of likely N-dealkylation sites (tertiary alicyclic amines) is 1. The van der Waals surface area contributed by atoms with Crippen molar-refractivity contribution in [3.8, 4) is 0 Å². The number of pyridine rings is 1. The molecule has 0 aromatic carbocycles. The van der Waals surface area contributed by atoms with E-state index in [0.717, 1.165) is 11.0 Å². The van der Waals surface area contributed by atoms with Gasteiger partial charge in [-0.1, -0.05) is 0 Å². The number of nitrogens with zero attached hydrogens (tertiary/aromatic N) is 3. The normalized spacial score (nSPS) is 17.1. The first kappa shape index (κ1) is 15.0. The minimum atomic E-state index is -3.52. The van der Waals surface area contributed by atoms with Gasteiger partial charge in [0.1, 0.15) is 11.3 Å². The molecule has 0 saturated carbocycles. The van der Waals surface area contributed by atoms with Crippen molar-refractivity contribution in [1.29, 1.82) is 0 Å². The highest BCUT2D eigenvalue weighted by molar-refractivity contribution is 7.89. The van der Waals surface area contributed by atoms with Gasteiger partial charge >= 0.3 is 0 Å². The molecular formula is C14H18N4O3S. The van der Waals surface area contributed by atoms with Gasteiger partial charge in [0.2, 0.25) is 10.0 Å². The summed E-state index contributed by atoms with van der Waals surface area (Å²) in [5, 5.41) is 5.59. The topological polar surface area (TPSA) is 98.3 Å². The Morgan fingerprint density at radius 1 is 1.27 bits per heavy atom. The van der Waals surface area contributed by atoms with Gasteiger partial charge in [0.15, 0.2) is 0 Å². The van der Waals surface area contributed by atoms with Crippen LogP contribution in [0.2, 0.25) is 0 Å². The summed E-state index contributed by atoms with van der Waals surface area (Å²) >= 11 is 0. The van der Waals surface area contributed by atoms with E-state index in [1.807, 2.05) is 29.9 Å². The molecule has 22 heavy (non-hydrogen) atoms. The zero-order valence-electron chi connectivity index (χ0n) is 12.3. The van der Waals surface area contributed by atoms with Crippen LogP contribution in [0.5, 0.6) is 0 Å². The predicted octanol–water partition coefficient (Wildman–Crippen LogP) is 0.466. The van der Waals surface area contributed by atoms with E-state index in [-0.39, 0.29) is 5.91 Å². The Morgan fingerprint density at radius 3 is 2.59 bits per heavy atom. The maximum absolute atomic E-state index is 12.5. The molecular weight excluding hydrogens is 304 g/mol. The van der Waals surface area contributed by atoms with Gasteiger partial charge in [0.25, 0.3) is 5.91 Å². The molecule has 1 amide bonds. The van der Waals surface area contributed by atoms with E-state index in [1.54, 1.807) is 11.0 Å². The maximum atomic E-state index is 12.5. The van der Waals surface area contributed by atoms with Gasteiger partial charge in [-0.05, 0) is 31.0 Å². The molecule has 1 fully saturated rings. The van der Waals surface area contributed by atoms with Crippen LogP contribution in [-0.4, -0.2) is 47.1 Å². The average Bonchev–Trinajstić information content (AvgIpc) is 2.87. The summed E-state index contributed by atoms with van der Waals surface area (Å²) < 4.78 is 24.6. The number of hydrogen-bond donors (Lipinski definition) is 1. The Hall–Kier alpha value is -1.93. The lowest BCUT2D eigenvalue weighted by Gasteiger charge is -2.30. The van der Waals surface area contributed by atoms with E-state index in [1.165, 1.54) is 0 Å². The minimum absolute atomic E-state index is 0.170. The predicted molar refractivity (Wildman–Crippen MR) is 82.7 cm³/mol. The summed E-state index contributed by atoms with van der Waals surface area (Å²) in [5.74, 6) is -0.170. The van der Waals surface area contributed by atoms with Crippen molar-refractivity contribution in [2.24, 2.45) is 12.2 Å². The van der Waals surface area contributed by atoms with Crippen LogP contribution in [0.25, 0.3) is 11.0 Å². The molecule has 7 nitrogen and oxygen atoms in total. The maximum Gasteiger partial charge on any atom is 0.272 e. The Kier molecular flexibility index (Phi) is 3.65. The van der Waals surface area contributed by atoms with E-state index < -0.39 is 15.3 Å². The van der Waals surface area contributed by atoms with Crippen LogP contribution in [0.4, 0.5) is 0 Å². The molecule has 2 aromatic heterocycles. The summed E-state index contributed by atoms with van der Waals surface area (Å²) in [4.78, 5) is 18.6. The lowest BCUT2D eigenvalue weighted by Crippen LogP contribution is -2.44. The third-order valence-corrected chi connectivity index (χ3v) is 5.53. The third-order valence-electron chi connectivity index (χ3n) is 4.13. The fraction of sp³-hybridized carbons (Fsp3) is 0.429. The SMILES string of the molecule is Cn1ccc2ccc(C(=O)N3CCC(S(N)(=O)=O)CC3)nc21. The summed E-state index contributed by atoms with van der Waals surface area (Å²) in [5.41, 5.74) is 1.13. The molecule has 118 valence electrons. The summed E-state index contributed by atoms with van der Waals surface area (Å²) in [6.45, 7) is 0.763. The van der Waals surface area contributed by atoms with Crippen molar-refractivity contribution in [1.82, 2.24) is 14.5 Å². The van der Waals surface area contributed by atoms with E-state index in [0.29, 0.717) is 31.6 Å². The molecule has 1 saturated heterocycles. The highest BCUT2D eigenvalue weighted by Crippen LogP contribution is 2.19. The van der Waals surface area contributed by atoms with Crippen molar-refractivity contribution < 1.29 is 13.2 Å². The number of hydrogen-bond acceptors (Lipinski definition) is 4. The smallest absolute Gasteiger partial charge is 0.272 e. The fourth-order valence-corrected chi connectivity index (χ4v) is 3.67. The average molecular weight is 322 g/mol. The van der Waals surface area contributed by atoms with Crippen molar-refractivity contribution in [3.05, 3.63) is 30.1 Å². The standard InChI is InChI=1S/C14H18N4O3S/c1-17-7-4-10-2-3-12(16-13(10)17)14(19)18-8-5-11(6-9-18)22(15,20)21/h2-4,7,11H,5-6,8-9H2,1H3,(H2,15,20,21). The molecule has 0 radical (unpaired) electrons. The second-order valence-corrected chi connectivity index (χ2v) is 7.46. The largest absolute Gasteiger partial charge is 0.337 e. The van der Waals surface area contributed by atoms with Gasteiger partial charge in [-0.15, -0.1) is 0 Å². The van der Waals surface area contributed by atoms with Crippen LogP contribution in [0.3, 0.4) is 0 Å². The molecule has 0 unspecified atom stereocenters. The molecule has 0 atom stereocenters. The number of piperidine rings is 1. The number of carbonyl (C=O) groups is 1. The zero-order chi connectivity index (χ0) is 15.9. The summed E-state index contributed by atoms with van der Waals surface area (Å²) in [6, 6.07) is 5.51. The Labute approximate surface area is 128 Å². The van der Waals surface area contributed by atoms with Gasteiger partial charge in [0, 0.05) is 31.7 Å². The quantitative estimate of drug-likeness (QED) is 0.868. The summed E-state index contributed by atoms with van der Waals surface area (Å²) in [6.07, 6.45) is 2.64. The number of amides is 1. The van der Waals surface area contributed by atoms with Gasteiger partial charge in [0.05, 0.1) is 5.25 Å². The molecule has 2 N–H and O–H groups in total. The summed E-state index contributed by atoms with van der Waals surface area (Å²) in [7, 11) is -1.65. The van der Waals surface area contributed by atoms with E-state index in [2.05, 4.69) is 4.98 Å². The lowest BCUT2D eigenvalue weighted by molar-refractivity contribution is 0.0720. The Balaban J connectivity index is 1.77. The first-order chi connectivity index (χ1) is 10.4. The van der Waals surface area contributed by atoms with Crippen molar-refractivity contribution in [2.45, 2.75) is 18.1 Å². The second-order valence-electron chi connectivity index (χ2n) is 5.62. The van der Waals surface area contributed by atoms with E-state index in [9.17, 15) is 13.2 Å². The van der Waals surface area contributed by atoms with E-state index >= 15 is 0 Å². The molecule has 3 heterocycles. The molecule has 2 aromatic rings. The van der Waals surface area contributed by atoms with Crippen molar-refractivity contribution >= 4 is 27.0 Å². The van der Waals surface area contributed by atoms with Gasteiger partial charge in [-0.3, -0.25) is 4.79 Å². The zero-order valence-corrected chi connectivity index (χ0v) is 13.1. The fourth-order valence-electron chi connectivity index (χ4n) is 2.80. The van der Waals surface area contributed by atoms with Gasteiger partial charge < -0.3 is 9.47 Å². The lowest BCUT2D eigenvalue weighted by atomic mass is 10.1. The second kappa shape index (κ2) is 5.36. The number of aromatic nitrogens is 2. The van der Waals surface area contributed by atoms with Crippen LogP contribution in [0, 0.1) is 0 Å². The number of fused-ring (bicyclic) bond motifs is 1. The van der Waals surface area contributed by atoms with Crippen LogP contribution in [0.1, 0.15) is 23.3 Å².